The topological polar surface area (TPSA) is 108 Å². The molecule has 0 saturated heterocycles. The Morgan fingerprint density at radius 3 is 2.95 bits per heavy atom. The maximum absolute atomic E-state index is 11.3. The van der Waals surface area contributed by atoms with E-state index >= 15 is 0 Å². The van der Waals surface area contributed by atoms with Crippen LogP contribution in [0.5, 0.6) is 0 Å². The van der Waals surface area contributed by atoms with Crippen LogP contribution >= 0.6 is 0 Å². The third-order valence-electron chi connectivity index (χ3n) is 2.18. The lowest BCUT2D eigenvalue weighted by Crippen LogP contribution is -2.04. The molecule has 2 aromatic rings. The van der Waals surface area contributed by atoms with Gasteiger partial charge in [0.05, 0.1) is 11.5 Å². The van der Waals surface area contributed by atoms with Gasteiger partial charge in [0.1, 0.15) is 0 Å². The van der Waals surface area contributed by atoms with E-state index in [4.69, 9.17) is 9.15 Å². The van der Waals surface area contributed by atoms with Gasteiger partial charge in [0, 0.05) is 17.7 Å². The van der Waals surface area contributed by atoms with E-state index in [1.165, 1.54) is 18.2 Å². The minimum Gasteiger partial charge on any atom is -0.459 e. The van der Waals surface area contributed by atoms with E-state index in [1.54, 1.807) is 13.0 Å². The van der Waals surface area contributed by atoms with Gasteiger partial charge in [-0.2, -0.15) is 0 Å². The zero-order chi connectivity index (χ0) is 13.8. The molecule has 0 aliphatic carbocycles. The first-order chi connectivity index (χ1) is 9.11. The maximum atomic E-state index is 11.3. The molecule has 1 aromatic carbocycles. The number of carbonyl (C=O) groups is 1. The van der Waals surface area contributed by atoms with Crippen molar-refractivity contribution >= 4 is 11.7 Å². The molecular formula is C11H9N3O5. The molecule has 98 valence electrons. The van der Waals surface area contributed by atoms with Gasteiger partial charge in [0.15, 0.2) is 0 Å². The fourth-order valence-electron chi connectivity index (χ4n) is 1.37. The average Bonchev–Trinajstić information content (AvgIpc) is 2.89. The van der Waals surface area contributed by atoms with E-state index in [2.05, 4.69) is 10.2 Å². The number of nitro benzene ring substituents is 1. The molecule has 0 aliphatic rings. The number of ether oxygens (including phenoxy) is 1. The van der Waals surface area contributed by atoms with Gasteiger partial charge in [0.25, 0.3) is 5.69 Å². The van der Waals surface area contributed by atoms with E-state index in [1.807, 2.05) is 0 Å². The Hall–Kier alpha value is -2.77. The van der Waals surface area contributed by atoms with Crippen LogP contribution in [0, 0.1) is 10.1 Å². The SMILES string of the molecule is CCOC(=O)c1nnc(-c2cccc([N+](=O)[O-])c2)o1. The predicted octanol–water partition coefficient (Wildman–Crippen LogP) is 1.82. The summed E-state index contributed by atoms with van der Waals surface area (Å²) >= 11 is 0. The number of benzene rings is 1. The molecule has 0 fully saturated rings. The van der Waals surface area contributed by atoms with E-state index in [9.17, 15) is 14.9 Å². The first-order valence-electron chi connectivity index (χ1n) is 5.37. The van der Waals surface area contributed by atoms with Crippen molar-refractivity contribution in [1.82, 2.24) is 10.2 Å². The number of hydrogen-bond donors (Lipinski definition) is 0. The second kappa shape index (κ2) is 5.25. The van der Waals surface area contributed by atoms with Crippen LogP contribution in [0.15, 0.2) is 28.7 Å². The highest BCUT2D eigenvalue weighted by molar-refractivity contribution is 5.84. The maximum Gasteiger partial charge on any atom is 0.396 e. The number of rotatable bonds is 4. The van der Waals surface area contributed by atoms with Crippen LogP contribution in [-0.4, -0.2) is 27.7 Å². The van der Waals surface area contributed by atoms with E-state index in [0.29, 0.717) is 5.56 Å². The molecule has 0 N–H and O–H groups in total. The third kappa shape index (κ3) is 2.73. The van der Waals surface area contributed by atoms with E-state index in [-0.39, 0.29) is 24.1 Å². The number of carbonyl (C=O) groups excluding carboxylic acids is 1. The van der Waals surface area contributed by atoms with Crippen molar-refractivity contribution in [3.63, 3.8) is 0 Å². The smallest absolute Gasteiger partial charge is 0.396 e. The summed E-state index contributed by atoms with van der Waals surface area (Å²) in [5.41, 5.74) is 0.255. The largest absolute Gasteiger partial charge is 0.459 e. The molecule has 1 heterocycles. The summed E-state index contributed by atoms with van der Waals surface area (Å²) in [5, 5.41) is 17.8. The molecule has 0 atom stereocenters. The number of hydrogen-bond acceptors (Lipinski definition) is 7. The Morgan fingerprint density at radius 1 is 1.47 bits per heavy atom. The Labute approximate surface area is 107 Å². The van der Waals surface area contributed by atoms with Gasteiger partial charge >= 0.3 is 11.9 Å². The average molecular weight is 263 g/mol. The van der Waals surface area contributed by atoms with Crippen molar-refractivity contribution < 1.29 is 18.9 Å². The Morgan fingerprint density at radius 2 is 2.26 bits per heavy atom. The van der Waals surface area contributed by atoms with Crippen LogP contribution in [0.3, 0.4) is 0 Å². The molecule has 8 heteroatoms. The summed E-state index contributed by atoms with van der Waals surface area (Å²) in [6.07, 6.45) is 0. The molecule has 19 heavy (non-hydrogen) atoms. The second-order valence-corrected chi connectivity index (χ2v) is 3.44. The van der Waals surface area contributed by atoms with Gasteiger partial charge in [-0.3, -0.25) is 10.1 Å². The predicted molar refractivity (Wildman–Crippen MR) is 62.3 cm³/mol. The second-order valence-electron chi connectivity index (χ2n) is 3.44. The third-order valence-corrected chi connectivity index (χ3v) is 2.18. The lowest BCUT2D eigenvalue weighted by atomic mass is 10.2. The zero-order valence-electron chi connectivity index (χ0n) is 9.90. The number of nitrogens with zero attached hydrogens (tertiary/aromatic N) is 3. The van der Waals surface area contributed by atoms with Crippen LogP contribution in [0.2, 0.25) is 0 Å². The fraction of sp³-hybridized carbons (Fsp3) is 0.182. The highest BCUT2D eigenvalue weighted by atomic mass is 16.6. The summed E-state index contributed by atoms with van der Waals surface area (Å²) in [6, 6.07) is 5.67. The van der Waals surface area contributed by atoms with Gasteiger partial charge in [-0.25, -0.2) is 4.79 Å². The van der Waals surface area contributed by atoms with Crippen molar-refractivity contribution in [3.8, 4) is 11.5 Å². The number of nitro groups is 1. The monoisotopic (exact) mass is 263 g/mol. The van der Waals surface area contributed by atoms with Crippen molar-refractivity contribution in [1.29, 1.82) is 0 Å². The highest BCUT2D eigenvalue weighted by Crippen LogP contribution is 2.22. The van der Waals surface area contributed by atoms with Crippen LogP contribution in [0.25, 0.3) is 11.5 Å². The van der Waals surface area contributed by atoms with Gasteiger partial charge in [-0.05, 0) is 13.0 Å². The Bertz CT molecular complexity index is 622. The summed E-state index contributed by atoms with van der Waals surface area (Å²) in [7, 11) is 0. The number of aromatic nitrogens is 2. The Balaban J connectivity index is 2.30. The molecule has 0 bridgehead atoms. The highest BCUT2D eigenvalue weighted by Gasteiger charge is 2.18. The lowest BCUT2D eigenvalue weighted by Gasteiger charge is -1.96. The Kier molecular flexibility index (Phi) is 3.51. The van der Waals surface area contributed by atoms with E-state index < -0.39 is 10.9 Å². The molecular weight excluding hydrogens is 254 g/mol. The molecule has 1 aromatic heterocycles. The molecule has 8 nitrogen and oxygen atoms in total. The number of non-ortho nitro benzene ring substituents is 1. The van der Waals surface area contributed by atoms with Gasteiger partial charge < -0.3 is 9.15 Å². The normalized spacial score (nSPS) is 10.2. The molecule has 0 saturated carbocycles. The minimum absolute atomic E-state index is 0.0201. The standard InChI is InChI=1S/C11H9N3O5/c1-2-18-11(15)10-13-12-9(19-10)7-4-3-5-8(6-7)14(16)17/h3-6H,2H2,1H3. The zero-order valence-corrected chi connectivity index (χ0v) is 9.90. The first kappa shape index (κ1) is 12.7. The van der Waals surface area contributed by atoms with Gasteiger partial charge in [-0.1, -0.05) is 6.07 Å². The van der Waals surface area contributed by atoms with Crippen molar-refractivity contribution in [2.75, 3.05) is 6.61 Å². The molecule has 0 spiro atoms. The fourth-order valence-corrected chi connectivity index (χ4v) is 1.37. The minimum atomic E-state index is -0.730. The van der Waals surface area contributed by atoms with Gasteiger partial charge in [0.2, 0.25) is 5.89 Å². The molecule has 0 aliphatic heterocycles. The quantitative estimate of drug-likeness (QED) is 0.470. The summed E-state index contributed by atoms with van der Waals surface area (Å²) in [5.74, 6) is -0.998. The lowest BCUT2D eigenvalue weighted by molar-refractivity contribution is -0.384. The van der Waals surface area contributed by atoms with Crippen molar-refractivity contribution in [3.05, 3.63) is 40.3 Å². The molecule has 0 amide bonds. The molecule has 0 unspecified atom stereocenters. The summed E-state index contributed by atoms with van der Waals surface area (Å²) in [4.78, 5) is 21.5. The van der Waals surface area contributed by atoms with Crippen molar-refractivity contribution in [2.45, 2.75) is 6.92 Å². The van der Waals surface area contributed by atoms with Crippen LogP contribution < -0.4 is 0 Å². The summed E-state index contributed by atoms with van der Waals surface area (Å²) < 4.78 is 9.80. The van der Waals surface area contributed by atoms with Crippen LogP contribution in [0.1, 0.15) is 17.6 Å². The number of esters is 1. The van der Waals surface area contributed by atoms with Crippen molar-refractivity contribution in [2.24, 2.45) is 0 Å². The van der Waals surface area contributed by atoms with E-state index in [0.717, 1.165) is 0 Å². The van der Waals surface area contributed by atoms with Gasteiger partial charge in [-0.15, -0.1) is 10.2 Å². The molecule has 0 radical (unpaired) electrons. The van der Waals surface area contributed by atoms with Crippen LogP contribution in [-0.2, 0) is 4.74 Å². The molecule has 2 rings (SSSR count). The van der Waals surface area contributed by atoms with Crippen LogP contribution in [0.4, 0.5) is 5.69 Å². The first-order valence-corrected chi connectivity index (χ1v) is 5.37. The summed E-state index contributed by atoms with van der Waals surface area (Å²) in [6.45, 7) is 1.84.